The molecule has 0 spiro atoms. The first-order valence-electron chi connectivity index (χ1n) is 2.79. The zero-order chi connectivity index (χ0) is 8.99. The maximum absolute atomic E-state index is 7.32. The van der Waals surface area contributed by atoms with Gasteiger partial charge in [-0.2, -0.15) is 5.26 Å². The van der Waals surface area contributed by atoms with Gasteiger partial charge in [-0.05, 0) is 0 Å². The van der Waals surface area contributed by atoms with Crippen molar-refractivity contribution in [2.75, 3.05) is 0 Å². The summed E-state index contributed by atoms with van der Waals surface area (Å²) in [4.78, 5) is 0. The summed E-state index contributed by atoms with van der Waals surface area (Å²) < 4.78 is 0.743. The molecule has 62 valence electrons. The van der Waals surface area contributed by atoms with E-state index in [0.717, 1.165) is -0.0619 Å². The van der Waals surface area contributed by atoms with E-state index < -0.39 is 0 Å². The molecule has 0 heterocycles. The highest BCUT2D eigenvalue weighted by Crippen LogP contribution is 2.16. The summed E-state index contributed by atoms with van der Waals surface area (Å²) in [6.45, 7) is 5.68. The number of halogens is 3. The predicted molar refractivity (Wildman–Crippen MR) is 73.1 cm³/mol. The van der Waals surface area contributed by atoms with Gasteiger partial charge in [-0.3, -0.25) is 0 Å². The van der Waals surface area contributed by atoms with Crippen molar-refractivity contribution in [3.05, 3.63) is 0 Å². The van der Waals surface area contributed by atoms with Crippen LogP contribution in [0, 0.1) is 11.3 Å². The molecule has 4 heteroatoms. The van der Waals surface area contributed by atoms with Gasteiger partial charge in [0.15, 0.2) is 0 Å². The maximum Gasteiger partial charge on any atom is 0.114 e. The van der Waals surface area contributed by atoms with Crippen LogP contribution < -0.4 is 0 Å². The van der Waals surface area contributed by atoms with Gasteiger partial charge in [-0.25, -0.2) is 0 Å². The van der Waals surface area contributed by atoms with Crippen LogP contribution in [0.2, 0.25) is 0 Å². The van der Waals surface area contributed by atoms with Gasteiger partial charge in [-0.1, -0.05) is 88.0 Å². The second-order valence-electron chi connectivity index (χ2n) is 1.18. The monoisotopic (exact) mass is 479 g/mol. The van der Waals surface area contributed by atoms with E-state index in [-0.39, 0.29) is 0 Å². The highest BCUT2D eigenvalue weighted by Gasteiger charge is 1.76. The largest absolute Gasteiger partial charge is 0.199 e. The Bertz CT molecular complexity index is 65.1. The van der Waals surface area contributed by atoms with Gasteiger partial charge < -0.3 is 0 Å². The van der Waals surface area contributed by atoms with Gasteiger partial charge in [0.1, 0.15) is -0.0619 Å². The lowest BCUT2D eigenvalue weighted by Gasteiger charge is -1.71. The lowest BCUT2D eigenvalue weighted by atomic mass is 10.6. The Morgan fingerprint density at radius 3 is 1.30 bits per heavy atom. The summed E-state index contributed by atoms with van der Waals surface area (Å²) >= 11 is 6.95. The van der Waals surface area contributed by atoms with Gasteiger partial charge in [0.25, 0.3) is 0 Å². The van der Waals surface area contributed by atoms with E-state index >= 15 is 0 Å². The molecule has 1 nitrogen and oxygen atoms in total. The number of hydrogen-bond donors (Lipinski definition) is 0. The molecule has 0 amide bonds. The summed E-state index contributed by atoms with van der Waals surface area (Å²) in [6.07, 6.45) is 1.25. The summed E-state index contributed by atoms with van der Waals surface area (Å²) in [7, 11) is 0. The minimum atomic E-state index is 0.743. The number of hydrogen-bond acceptors (Lipinski definition) is 1. The van der Waals surface area contributed by atoms with E-state index in [1.807, 2.05) is 0 Å². The first kappa shape index (κ1) is 17.7. The fourth-order valence-electron chi connectivity index (χ4n) is 0. The molecule has 0 N–H and O–H groups in total. The molecule has 0 aromatic heterocycles. The van der Waals surface area contributed by atoms with Crippen LogP contribution in [0.15, 0.2) is 0 Å². The van der Waals surface area contributed by atoms with Crippen molar-refractivity contribution in [2.24, 2.45) is 0 Å². The van der Waals surface area contributed by atoms with Crippen LogP contribution in [0.5, 0.6) is 0 Å². The molecule has 0 aliphatic carbocycles. The van der Waals surface area contributed by atoms with Gasteiger partial charge in [-0.15, -0.1) is 0 Å². The minimum Gasteiger partial charge on any atom is -0.199 e. The molecule has 0 aromatic rings. The first-order valence-corrected chi connectivity index (χ1v) is 6.53. The molecule has 0 fully saturated rings. The highest BCUT2D eigenvalue weighted by molar-refractivity contribution is 14.3. The molecule has 0 aliphatic heterocycles. The second kappa shape index (κ2) is 22.4. The molecular formula is C6H12I3N. The molecule has 0 rings (SSSR count). The SMILES string of the molecule is CC#N.CCC.IC(I)I. The fraction of sp³-hybridized carbons (Fsp3) is 0.833. The third-order valence-electron chi connectivity index (χ3n) is 0. The lowest BCUT2D eigenvalue weighted by Crippen LogP contribution is -1.47. The fourth-order valence-corrected chi connectivity index (χ4v) is 0. The summed E-state index contributed by atoms with van der Waals surface area (Å²) in [6, 6.07) is 1.75. The zero-order valence-corrected chi connectivity index (χ0v) is 12.8. The first-order chi connectivity index (χ1) is 4.56. The van der Waals surface area contributed by atoms with Crippen molar-refractivity contribution in [2.45, 2.75) is 27.1 Å². The van der Waals surface area contributed by atoms with E-state index in [9.17, 15) is 0 Å². The van der Waals surface area contributed by atoms with Crippen LogP contribution >= 0.6 is 67.8 Å². The van der Waals surface area contributed by atoms with Gasteiger partial charge in [0.05, 0.1) is 6.07 Å². The zero-order valence-electron chi connectivity index (χ0n) is 6.37. The molecule has 10 heavy (non-hydrogen) atoms. The highest BCUT2D eigenvalue weighted by atomic mass is 127. The molecule has 0 bridgehead atoms. The van der Waals surface area contributed by atoms with Gasteiger partial charge in [0, 0.05) is 6.92 Å². The van der Waals surface area contributed by atoms with Gasteiger partial charge in [0.2, 0.25) is 0 Å². The van der Waals surface area contributed by atoms with Crippen LogP contribution in [0.3, 0.4) is 0 Å². The van der Waals surface area contributed by atoms with Crippen molar-refractivity contribution in [1.82, 2.24) is 0 Å². The Morgan fingerprint density at radius 2 is 1.30 bits per heavy atom. The average Bonchev–Trinajstić information content (AvgIpc) is 1.65. The Balaban J connectivity index is -0.0000000750. The molecule has 0 unspecified atom stereocenters. The van der Waals surface area contributed by atoms with Gasteiger partial charge >= 0.3 is 0 Å². The summed E-state index contributed by atoms with van der Waals surface area (Å²) in [5.41, 5.74) is 0. The van der Waals surface area contributed by atoms with Crippen molar-refractivity contribution >= 4 is 67.8 Å². The van der Waals surface area contributed by atoms with E-state index in [2.05, 4.69) is 81.6 Å². The summed E-state index contributed by atoms with van der Waals surface area (Å²) in [5.74, 6) is 0. The normalized spacial score (nSPS) is 6.20. The standard InChI is InChI=1S/C3H8.C2H3N.CHI3/c1-3-2;1-2-3;2-1(3)4/h3H2,1-2H3;1H3;1H. The van der Waals surface area contributed by atoms with Crippen molar-refractivity contribution in [1.29, 1.82) is 5.26 Å². The molecular weight excluding hydrogens is 467 g/mol. The van der Waals surface area contributed by atoms with E-state index in [1.54, 1.807) is 6.07 Å². The Morgan fingerprint density at radius 1 is 1.30 bits per heavy atom. The Labute approximate surface area is 105 Å². The van der Waals surface area contributed by atoms with Crippen molar-refractivity contribution in [3.63, 3.8) is 0 Å². The third-order valence-corrected chi connectivity index (χ3v) is 0. The Hall–Kier alpha value is 1.68. The third kappa shape index (κ3) is 258. The van der Waals surface area contributed by atoms with Crippen molar-refractivity contribution < 1.29 is 0 Å². The number of alkyl halides is 3. The molecule has 0 radical (unpaired) electrons. The van der Waals surface area contributed by atoms with E-state index in [0.29, 0.717) is 0 Å². The van der Waals surface area contributed by atoms with E-state index in [4.69, 9.17) is 5.26 Å². The van der Waals surface area contributed by atoms with Crippen LogP contribution in [0.25, 0.3) is 0 Å². The molecule has 0 saturated heterocycles. The molecule has 0 aromatic carbocycles. The topological polar surface area (TPSA) is 23.8 Å². The summed E-state index contributed by atoms with van der Waals surface area (Å²) in [5, 5.41) is 7.32. The van der Waals surface area contributed by atoms with Crippen LogP contribution in [-0.2, 0) is 0 Å². The average molecular weight is 479 g/mol. The van der Waals surface area contributed by atoms with Crippen LogP contribution in [0.4, 0.5) is 0 Å². The molecule has 0 aliphatic rings. The predicted octanol–water partition coefficient (Wildman–Crippen LogP) is 4.52. The maximum atomic E-state index is 7.32. The van der Waals surface area contributed by atoms with Crippen LogP contribution in [-0.4, -0.2) is -0.0619 Å². The van der Waals surface area contributed by atoms with E-state index in [1.165, 1.54) is 13.3 Å². The lowest BCUT2D eigenvalue weighted by molar-refractivity contribution is 1.09. The quantitative estimate of drug-likeness (QED) is 0.371. The smallest absolute Gasteiger partial charge is 0.114 e. The number of nitriles is 1. The number of rotatable bonds is 0. The molecule has 0 atom stereocenters. The molecule has 0 saturated carbocycles. The number of nitrogens with zero attached hydrogens (tertiary/aromatic N) is 1. The van der Waals surface area contributed by atoms with Crippen LogP contribution in [0.1, 0.15) is 27.2 Å². The minimum absolute atomic E-state index is 0.743. The Kier molecular flexibility index (Phi) is 39.7. The second-order valence-corrected chi connectivity index (χ2v) is 12.1. The van der Waals surface area contributed by atoms with Crippen molar-refractivity contribution in [3.8, 4) is 6.07 Å².